The van der Waals surface area contributed by atoms with E-state index in [-0.39, 0.29) is 16.1 Å². The number of hydrogen-bond donors (Lipinski definition) is 1. The fraction of sp³-hybridized carbons (Fsp3) is 0.263. The highest BCUT2D eigenvalue weighted by Gasteiger charge is 2.12. The molecule has 0 unspecified atom stereocenters. The van der Waals surface area contributed by atoms with Gasteiger partial charge in [0.15, 0.2) is 0 Å². The van der Waals surface area contributed by atoms with Crippen LogP contribution in [0.4, 0.5) is 4.39 Å². The third kappa shape index (κ3) is 5.28. The van der Waals surface area contributed by atoms with Gasteiger partial charge >= 0.3 is 0 Å². The summed E-state index contributed by atoms with van der Waals surface area (Å²) in [5.41, 5.74) is 2.93. The van der Waals surface area contributed by atoms with Crippen LogP contribution in [-0.2, 0) is 16.4 Å². The second-order valence-electron chi connectivity index (χ2n) is 6.91. The molecule has 128 valence electrons. The number of sulfonamides is 1. The topological polar surface area (TPSA) is 60.2 Å². The van der Waals surface area contributed by atoms with Crippen molar-refractivity contribution in [3.8, 4) is 0 Å². The van der Waals surface area contributed by atoms with Crippen LogP contribution < -0.4 is 5.14 Å². The first-order chi connectivity index (χ1) is 11.0. The Morgan fingerprint density at radius 2 is 1.58 bits per heavy atom. The first-order valence-corrected chi connectivity index (χ1v) is 9.19. The molecule has 0 fully saturated rings. The van der Waals surface area contributed by atoms with Gasteiger partial charge in [0, 0.05) is 0 Å². The van der Waals surface area contributed by atoms with Crippen molar-refractivity contribution in [2.45, 2.75) is 32.1 Å². The molecule has 0 spiro atoms. The summed E-state index contributed by atoms with van der Waals surface area (Å²) < 4.78 is 35.9. The van der Waals surface area contributed by atoms with Gasteiger partial charge < -0.3 is 0 Å². The van der Waals surface area contributed by atoms with E-state index in [1.807, 2.05) is 0 Å². The molecular weight excluding hydrogens is 325 g/mol. The predicted molar refractivity (Wildman–Crippen MR) is 95.4 cm³/mol. The number of hydrogen-bond acceptors (Lipinski definition) is 2. The standard InChI is InChI=1S/C19H22FNO2S/c1-19(2,3)13-16(15-6-8-17(20)9-7-15)12-14-4-10-18(11-5-14)24(21,22)23/h4-11,13H,12H2,1-3H3,(H2,21,22,23)/b16-13+. The Hall–Kier alpha value is -1.98. The third-order valence-electron chi connectivity index (χ3n) is 3.47. The minimum Gasteiger partial charge on any atom is -0.225 e. The van der Waals surface area contributed by atoms with E-state index in [4.69, 9.17) is 5.14 Å². The second kappa shape index (κ2) is 6.87. The largest absolute Gasteiger partial charge is 0.238 e. The summed E-state index contributed by atoms with van der Waals surface area (Å²) in [7, 11) is -3.69. The van der Waals surface area contributed by atoms with Crippen molar-refractivity contribution in [2.24, 2.45) is 10.6 Å². The molecule has 0 aliphatic heterocycles. The Morgan fingerprint density at radius 1 is 1.04 bits per heavy atom. The Bertz CT molecular complexity index is 830. The molecule has 2 N–H and O–H groups in total. The lowest BCUT2D eigenvalue weighted by Crippen LogP contribution is -2.11. The molecule has 0 aromatic heterocycles. The maximum atomic E-state index is 13.2. The van der Waals surface area contributed by atoms with Gasteiger partial charge in [-0.25, -0.2) is 17.9 Å². The first-order valence-electron chi connectivity index (χ1n) is 7.64. The number of allylic oxidation sites excluding steroid dienone is 2. The highest BCUT2D eigenvalue weighted by atomic mass is 32.2. The quantitative estimate of drug-likeness (QED) is 0.903. The average Bonchev–Trinajstić information content (AvgIpc) is 2.45. The summed E-state index contributed by atoms with van der Waals surface area (Å²) in [4.78, 5) is 0.0920. The monoisotopic (exact) mass is 347 g/mol. The van der Waals surface area contributed by atoms with Crippen LogP contribution in [0.3, 0.4) is 0 Å². The van der Waals surface area contributed by atoms with Crippen molar-refractivity contribution in [3.05, 3.63) is 71.6 Å². The van der Waals surface area contributed by atoms with Crippen molar-refractivity contribution < 1.29 is 12.8 Å². The van der Waals surface area contributed by atoms with Crippen LogP contribution in [0.25, 0.3) is 5.57 Å². The lowest BCUT2D eigenvalue weighted by molar-refractivity contribution is 0.545. The fourth-order valence-electron chi connectivity index (χ4n) is 2.44. The first kappa shape index (κ1) is 18.4. The maximum absolute atomic E-state index is 13.2. The van der Waals surface area contributed by atoms with Gasteiger partial charge in [-0.15, -0.1) is 0 Å². The molecule has 0 heterocycles. The van der Waals surface area contributed by atoms with Gasteiger partial charge in [-0.2, -0.15) is 0 Å². The number of nitrogens with two attached hydrogens (primary N) is 1. The Balaban J connectivity index is 2.36. The van der Waals surface area contributed by atoms with E-state index in [0.717, 1.165) is 16.7 Å². The molecule has 0 saturated carbocycles. The summed E-state index contributed by atoms with van der Waals surface area (Å²) in [5.74, 6) is -0.272. The summed E-state index contributed by atoms with van der Waals surface area (Å²) in [6.45, 7) is 6.29. The lowest BCUT2D eigenvalue weighted by atomic mass is 9.88. The van der Waals surface area contributed by atoms with Gasteiger partial charge in [0.25, 0.3) is 0 Å². The zero-order chi connectivity index (χ0) is 18.0. The lowest BCUT2D eigenvalue weighted by Gasteiger charge is -2.17. The number of halogens is 1. The maximum Gasteiger partial charge on any atom is 0.238 e. The van der Waals surface area contributed by atoms with E-state index in [1.165, 1.54) is 24.3 Å². The SMILES string of the molecule is CC(C)(C)/C=C(\Cc1ccc(S(N)(=O)=O)cc1)c1ccc(F)cc1. The Morgan fingerprint density at radius 3 is 2.04 bits per heavy atom. The molecule has 0 aliphatic rings. The molecule has 5 heteroatoms. The minimum atomic E-state index is -3.69. The van der Waals surface area contributed by atoms with E-state index in [1.54, 1.807) is 24.3 Å². The highest BCUT2D eigenvalue weighted by Crippen LogP contribution is 2.27. The molecule has 0 saturated heterocycles. The molecule has 3 nitrogen and oxygen atoms in total. The molecule has 0 bridgehead atoms. The molecule has 0 atom stereocenters. The van der Waals surface area contributed by atoms with Crippen molar-refractivity contribution in [1.82, 2.24) is 0 Å². The Labute approximate surface area is 143 Å². The zero-order valence-corrected chi connectivity index (χ0v) is 14.9. The van der Waals surface area contributed by atoms with E-state index < -0.39 is 10.0 Å². The van der Waals surface area contributed by atoms with Crippen LogP contribution in [0.15, 0.2) is 59.5 Å². The van der Waals surface area contributed by atoms with Crippen LogP contribution in [0, 0.1) is 11.2 Å². The van der Waals surface area contributed by atoms with E-state index in [0.29, 0.717) is 6.42 Å². The van der Waals surface area contributed by atoms with Gasteiger partial charge in [0.1, 0.15) is 5.82 Å². The van der Waals surface area contributed by atoms with E-state index in [2.05, 4.69) is 26.8 Å². The van der Waals surface area contributed by atoms with E-state index >= 15 is 0 Å². The molecule has 2 aromatic carbocycles. The van der Waals surface area contributed by atoms with Gasteiger partial charge in [-0.3, -0.25) is 0 Å². The van der Waals surface area contributed by atoms with Crippen LogP contribution in [0.2, 0.25) is 0 Å². The Kier molecular flexibility index (Phi) is 5.26. The molecule has 0 aliphatic carbocycles. The zero-order valence-electron chi connectivity index (χ0n) is 14.1. The van der Waals surface area contributed by atoms with Crippen LogP contribution in [-0.4, -0.2) is 8.42 Å². The van der Waals surface area contributed by atoms with Crippen molar-refractivity contribution in [2.75, 3.05) is 0 Å². The third-order valence-corrected chi connectivity index (χ3v) is 4.40. The summed E-state index contributed by atoms with van der Waals surface area (Å²) in [5, 5.41) is 5.12. The van der Waals surface area contributed by atoms with Gasteiger partial charge in [-0.05, 0) is 52.8 Å². The van der Waals surface area contributed by atoms with Crippen LogP contribution in [0.1, 0.15) is 31.9 Å². The number of primary sulfonamides is 1. The smallest absolute Gasteiger partial charge is 0.225 e. The van der Waals surface area contributed by atoms with Crippen LogP contribution in [0.5, 0.6) is 0 Å². The summed E-state index contributed by atoms with van der Waals surface area (Å²) in [6.07, 6.45) is 2.77. The predicted octanol–water partition coefficient (Wildman–Crippen LogP) is 4.15. The van der Waals surface area contributed by atoms with Crippen molar-refractivity contribution in [3.63, 3.8) is 0 Å². The normalized spacial score (nSPS) is 13.1. The summed E-state index contributed by atoms with van der Waals surface area (Å²) in [6, 6.07) is 12.9. The molecule has 2 rings (SSSR count). The molecule has 0 amide bonds. The van der Waals surface area contributed by atoms with Gasteiger partial charge in [-0.1, -0.05) is 51.1 Å². The molecular formula is C19H22FNO2S. The molecule has 0 radical (unpaired) electrons. The molecule has 2 aromatic rings. The van der Waals surface area contributed by atoms with Gasteiger partial charge in [0.05, 0.1) is 4.90 Å². The number of rotatable bonds is 4. The highest BCUT2D eigenvalue weighted by molar-refractivity contribution is 7.89. The van der Waals surface area contributed by atoms with Gasteiger partial charge in [0.2, 0.25) is 10.0 Å². The molecule has 24 heavy (non-hydrogen) atoms. The van der Waals surface area contributed by atoms with Crippen molar-refractivity contribution in [1.29, 1.82) is 0 Å². The average molecular weight is 347 g/mol. The summed E-state index contributed by atoms with van der Waals surface area (Å²) >= 11 is 0. The number of benzene rings is 2. The van der Waals surface area contributed by atoms with Crippen LogP contribution >= 0.6 is 0 Å². The fourth-order valence-corrected chi connectivity index (χ4v) is 2.96. The second-order valence-corrected chi connectivity index (χ2v) is 8.47. The van der Waals surface area contributed by atoms with E-state index in [9.17, 15) is 12.8 Å². The minimum absolute atomic E-state index is 0.0374. The van der Waals surface area contributed by atoms with Crippen molar-refractivity contribution >= 4 is 15.6 Å².